The third kappa shape index (κ3) is 5.15. The predicted molar refractivity (Wildman–Crippen MR) is 177 cm³/mol. The second-order valence-corrected chi connectivity index (χ2v) is 14.3. The number of alkyl halides is 1. The van der Waals surface area contributed by atoms with Crippen molar-refractivity contribution in [2.45, 2.75) is 83.3 Å². The van der Waals surface area contributed by atoms with E-state index in [1.807, 2.05) is 12.1 Å². The lowest BCUT2D eigenvalue weighted by Crippen LogP contribution is -2.43. The zero-order valence-corrected chi connectivity index (χ0v) is 26.6. The number of rotatable bonds is 7. The second-order valence-electron chi connectivity index (χ2n) is 14.3. The van der Waals surface area contributed by atoms with E-state index in [1.54, 1.807) is 6.92 Å². The lowest BCUT2D eigenvalue weighted by molar-refractivity contribution is 0.107. The van der Waals surface area contributed by atoms with Crippen LogP contribution in [0.3, 0.4) is 0 Å². The maximum Gasteiger partial charge on any atom is 0.319 e. The highest BCUT2D eigenvalue weighted by Gasteiger charge is 2.49. The highest BCUT2D eigenvalue weighted by atomic mass is 19.1. The van der Waals surface area contributed by atoms with E-state index >= 15 is 0 Å². The molecular formula is C38H44F2N4O. The van der Waals surface area contributed by atoms with E-state index in [0.29, 0.717) is 25.6 Å². The summed E-state index contributed by atoms with van der Waals surface area (Å²) in [5, 5.41) is 1.20. The van der Waals surface area contributed by atoms with E-state index in [0.717, 1.165) is 91.6 Å². The quantitative estimate of drug-likeness (QED) is 0.253. The predicted octanol–water partition coefficient (Wildman–Crippen LogP) is 8.17. The Morgan fingerprint density at radius 1 is 1.09 bits per heavy atom. The van der Waals surface area contributed by atoms with E-state index in [4.69, 9.17) is 14.7 Å². The van der Waals surface area contributed by atoms with Crippen LogP contribution in [0, 0.1) is 18.8 Å². The molecule has 7 heteroatoms. The van der Waals surface area contributed by atoms with Crippen molar-refractivity contribution in [1.29, 1.82) is 0 Å². The number of nitrogens with zero attached hydrogens (tertiary/aromatic N) is 4. The summed E-state index contributed by atoms with van der Waals surface area (Å²) in [7, 11) is 0. The molecule has 2 unspecified atom stereocenters. The van der Waals surface area contributed by atoms with Crippen LogP contribution in [0.25, 0.3) is 28.1 Å². The molecule has 3 aromatic rings. The monoisotopic (exact) mass is 610 g/mol. The maximum atomic E-state index is 14.6. The molecule has 2 aromatic carbocycles. The Morgan fingerprint density at radius 2 is 1.91 bits per heavy atom. The van der Waals surface area contributed by atoms with Crippen LogP contribution < -0.4 is 9.64 Å². The Kier molecular flexibility index (Phi) is 7.43. The lowest BCUT2D eigenvalue weighted by atomic mass is 9.88. The van der Waals surface area contributed by atoms with Crippen molar-refractivity contribution in [3.05, 3.63) is 64.5 Å². The molecule has 0 N–H and O–H groups in total. The first kappa shape index (κ1) is 29.1. The van der Waals surface area contributed by atoms with Crippen molar-refractivity contribution >= 4 is 22.8 Å². The minimum Gasteiger partial charge on any atom is -0.461 e. The Labute approximate surface area is 265 Å². The van der Waals surface area contributed by atoms with Gasteiger partial charge in [-0.05, 0) is 129 Å². The molecule has 1 aromatic heterocycles. The molecule has 4 atom stereocenters. The van der Waals surface area contributed by atoms with Gasteiger partial charge in [0.1, 0.15) is 24.4 Å². The molecule has 45 heavy (non-hydrogen) atoms. The van der Waals surface area contributed by atoms with Gasteiger partial charge >= 0.3 is 6.01 Å². The van der Waals surface area contributed by atoms with E-state index in [-0.39, 0.29) is 11.4 Å². The number of anilines is 1. The van der Waals surface area contributed by atoms with E-state index < -0.39 is 6.17 Å². The molecule has 5 aliphatic rings. The van der Waals surface area contributed by atoms with E-state index in [1.165, 1.54) is 53.5 Å². The summed E-state index contributed by atoms with van der Waals surface area (Å²) < 4.78 is 35.0. The minimum atomic E-state index is -0.793. The summed E-state index contributed by atoms with van der Waals surface area (Å²) in [6.45, 7) is 7.85. The zero-order chi connectivity index (χ0) is 30.7. The summed E-state index contributed by atoms with van der Waals surface area (Å²) in [4.78, 5) is 15.2. The van der Waals surface area contributed by atoms with Crippen LogP contribution in [0.15, 0.2) is 42.2 Å². The zero-order valence-electron chi connectivity index (χ0n) is 26.6. The molecule has 2 aliphatic carbocycles. The van der Waals surface area contributed by atoms with Crippen molar-refractivity contribution < 1.29 is 13.5 Å². The number of aromatic nitrogens is 2. The van der Waals surface area contributed by atoms with Gasteiger partial charge in [0.2, 0.25) is 0 Å². The van der Waals surface area contributed by atoms with Crippen LogP contribution in [0.2, 0.25) is 0 Å². The Morgan fingerprint density at radius 3 is 2.73 bits per heavy atom. The molecule has 3 saturated heterocycles. The van der Waals surface area contributed by atoms with Crippen LogP contribution in [-0.4, -0.2) is 59.4 Å². The molecule has 0 spiro atoms. The standard InChI is InChI=1S/C38H44F2N4O/c1-3-29(39)14-13-25-7-4-8-28(18-25)33-24(2)35-34(32-10-5-9-31(32)33)36(43-20-26-11-12-27(17-26)21-43)42-37(41-35)45-23-38-15-6-16-44(38)22-30(40)19-38/h3-4,7-8,13-14,18,26-27,30H,5-6,9-12,15-17,19-23H2,1-2H3/b14-13-,29-3-/t26?,27?,30-,38+/m1/s1. The lowest BCUT2D eigenvalue weighted by Gasteiger charge is -2.34. The largest absolute Gasteiger partial charge is 0.461 e. The first-order chi connectivity index (χ1) is 21.9. The van der Waals surface area contributed by atoms with Crippen molar-refractivity contribution in [2.24, 2.45) is 11.8 Å². The Bertz CT molecular complexity index is 1690. The fourth-order valence-corrected chi connectivity index (χ4v) is 9.40. The number of hydrogen-bond acceptors (Lipinski definition) is 5. The number of benzene rings is 2. The molecule has 0 radical (unpaired) electrons. The summed E-state index contributed by atoms with van der Waals surface area (Å²) in [6, 6.07) is 8.83. The third-order valence-corrected chi connectivity index (χ3v) is 11.4. The first-order valence-corrected chi connectivity index (χ1v) is 17.1. The van der Waals surface area contributed by atoms with E-state index in [2.05, 4.69) is 34.9 Å². The molecule has 2 bridgehead atoms. The number of allylic oxidation sites excluding steroid dienone is 3. The molecule has 4 heterocycles. The van der Waals surface area contributed by atoms with Gasteiger partial charge in [-0.25, -0.2) is 8.78 Å². The highest BCUT2D eigenvalue weighted by Crippen LogP contribution is 2.47. The summed E-state index contributed by atoms with van der Waals surface area (Å²) in [5.74, 6) is 2.24. The Hall–Kier alpha value is -3.32. The minimum absolute atomic E-state index is 0.244. The normalized spacial score (nSPS) is 28.0. The van der Waals surface area contributed by atoms with Gasteiger partial charge in [-0.3, -0.25) is 4.90 Å². The van der Waals surface area contributed by atoms with Gasteiger partial charge in [0.05, 0.1) is 11.1 Å². The van der Waals surface area contributed by atoms with Crippen molar-refractivity contribution in [3.63, 3.8) is 0 Å². The average Bonchev–Trinajstić information content (AvgIpc) is 3.82. The van der Waals surface area contributed by atoms with Crippen molar-refractivity contribution in [1.82, 2.24) is 14.9 Å². The van der Waals surface area contributed by atoms with E-state index in [9.17, 15) is 8.78 Å². The molecule has 236 valence electrons. The molecule has 8 rings (SSSR count). The van der Waals surface area contributed by atoms with Gasteiger partial charge in [0.25, 0.3) is 0 Å². The molecular weight excluding hydrogens is 566 g/mol. The fraction of sp³-hybridized carbons (Fsp3) is 0.526. The molecule has 3 aliphatic heterocycles. The number of fused-ring (bicyclic) bond motifs is 6. The van der Waals surface area contributed by atoms with Crippen LogP contribution in [0.1, 0.15) is 74.1 Å². The fourth-order valence-electron chi connectivity index (χ4n) is 9.40. The van der Waals surface area contributed by atoms with Crippen molar-refractivity contribution in [2.75, 3.05) is 37.7 Å². The van der Waals surface area contributed by atoms with Gasteiger partial charge in [-0.1, -0.05) is 30.4 Å². The first-order valence-electron chi connectivity index (χ1n) is 17.1. The van der Waals surface area contributed by atoms with Gasteiger partial charge in [-0.15, -0.1) is 0 Å². The van der Waals surface area contributed by atoms with Crippen LogP contribution >= 0.6 is 0 Å². The van der Waals surface area contributed by atoms with Gasteiger partial charge < -0.3 is 9.64 Å². The summed E-state index contributed by atoms with van der Waals surface area (Å²) >= 11 is 0. The summed E-state index contributed by atoms with van der Waals surface area (Å²) in [6.07, 6.45) is 13.7. The smallest absolute Gasteiger partial charge is 0.319 e. The number of halogens is 2. The Balaban J connectivity index is 1.26. The number of aryl methyl sites for hydroxylation is 2. The number of ether oxygens (including phenoxy) is 1. The topological polar surface area (TPSA) is 41.5 Å². The number of hydrogen-bond donors (Lipinski definition) is 0. The molecule has 0 amide bonds. The van der Waals surface area contributed by atoms with Crippen LogP contribution in [0.5, 0.6) is 6.01 Å². The van der Waals surface area contributed by atoms with Gasteiger partial charge in [-0.2, -0.15) is 9.97 Å². The van der Waals surface area contributed by atoms with Crippen LogP contribution in [0.4, 0.5) is 14.6 Å². The SMILES string of the molecule is C/C=C(F)/C=C\c1cccc(-c2c3c(c4c(N5CC6CCC(C6)C5)nc(OC[C@@]56CCCN5C[C@H](F)C6)nc4c2C)CCC3)c1. The van der Waals surface area contributed by atoms with Crippen LogP contribution in [-0.2, 0) is 12.8 Å². The molecule has 4 fully saturated rings. The van der Waals surface area contributed by atoms with Gasteiger partial charge in [0, 0.05) is 31.4 Å². The molecule has 5 nitrogen and oxygen atoms in total. The second kappa shape index (κ2) is 11.5. The maximum absolute atomic E-state index is 14.6. The van der Waals surface area contributed by atoms with Crippen molar-refractivity contribution in [3.8, 4) is 17.1 Å². The molecule has 1 saturated carbocycles. The highest BCUT2D eigenvalue weighted by molar-refractivity contribution is 6.01. The number of piperidine rings is 1. The summed E-state index contributed by atoms with van der Waals surface area (Å²) in [5.41, 5.74) is 7.99. The van der Waals surface area contributed by atoms with Gasteiger partial charge in [0.15, 0.2) is 0 Å². The third-order valence-electron chi connectivity index (χ3n) is 11.4. The average molecular weight is 611 g/mol.